The lowest BCUT2D eigenvalue weighted by atomic mass is 9.99. The first kappa shape index (κ1) is 28.4. The molecule has 0 saturated heterocycles. The molecule has 0 bridgehead atoms. The van der Waals surface area contributed by atoms with E-state index in [1.54, 1.807) is 26.2 Å². The molecule has 13 heteroatoms. The normalized spacial score (nSPS) is 14.0. The number of hydrogen-bond donors (Lipinski definition) is 1. The van der Waals surface area contributed by atoms with Crippen molar-refractivity contribution in [1.82, 2.24) is 24.6 Å². The van der Waals surface area contributed by atoms with Crippen LogP contribution < -0.4 is 5.32 Å². The fraction of sp³-hybridized carbons (Fsp3) is 0.214. The van der Waals surface area contributed by atoms with Crippen LogP contribution in [-0.2, 0) is 26.7 Å². The zero-order valence-corrected chi connectivity index (χ0v) is 23.2. The van der Waals surface area contributed by atoms with Crippen molar-refractivity contribution in [3.8, 4) is 11.4 Å². The molecular formula is C28H22Cl2F3N5O3. The molecule has 1 unspecified atom stereocenters. The number of alkyl halides is 3. The minimum absolute atomic E-state index is 0.0258. The second-order valence-electron chi connectivity index (χ2n) is 9.55. The quantitative estimate of drug-likeness (QED) is 0.287. The van der Waals surface area contributed by atoms with Crippen molar-refractivity contribution in [3.05, 3.63) is 98.8 Å². The van der Waals surface area contributed by atoms with Gasteiger partial charge in [-0.25, -0.2) is 0 Å². The van der Waals surface area contributed by atoms with Crippen LogP contribution in [-0.4, -0.2) is 49.6 Å². The van der Waals surface area contributed by atoms with Gasteiger partial charge in [0.15, 0.2) is 0 Å². The SMILES string of the molecule is Cn1ncc(Cl)c1-c1cc(C(=O)NC(Cc2ccccc2C(F)(F)F)CN2C(=O)c3ccccc3C2=O)c(Cl)n1C. The van der Waals surface area contributed by atoms with E-state index in [2.05, 4.69) is 10.4 Å². The molecule has 0 aliphatic carbocycles. The average Bonchev–Trinajstić information content (AvgIpc) is 3.50. The highest BCUT2D eigenvalue weighted by atomic mass is 35.5. The first-order valence-electron chi connectivity index (χ1n) is 12.3. The molecule has 0 spiro atoms. The van der Waals surface area contributed by atoms with E-state index in [-0.39, 0.29) is 40.4 Å². The van der Waals surface area contributed by atoms with Gasteiger partial charge in [0.05, 0.1) is 45.2 Å². The number of aromatic nitrogens is 3. The first-order chi connectivity index (χ1) is 19.4. The van der Waals surface area contributed by atoms with Crippen molar-refractivity contribution >= 4 is 40.9 Å². The molecule has 0 fully saturated rings. The molecule has 3 heterocycles. The summed E-state index contributed by atoms with van der Waals surface area (Å²) in [7, 11) is 3.28. The van der Waals surface area contributed by atoms with Gasteiger partial charge in [-0.1, -0.05) is 53.5 Å². The van der Waals surface area contributed by atoms with E-state index in [4.69, 9.17) is 23.2 Å². The van der Waals surface area contributed by atoms with Gasteiger partial charge in [-0.2, -0.15) is 18.3 Å². The number of benzene rings is 2. The Bertz CT molecular complexity index is 1640. The van der Waals surface area contributed by atoms with Crippen LogP contribution in [0.15, 0.2) is 60.8 Å². The summed E-state index contributed by atoms with van der Waals surface area (Å²) in [5.74, 6) is -1.90. The predicted molar refractivity (Wildman–Crippen MR) is 146 cm³/mol. The van der Waals surface area contributed by atoms with Crippen molar-refractivity contribution in [2.75, 3.05) is 6.54 Å². The predicted octanol–water partition coefficient (Wildman–Crippen LogP) is 5.39. The molecule has 2 aromatic heterocycles. The number of hydrogen-bond acceptors (Lipinski definition) is 4. The molecule has 0 saturated carbocycles. The van der Waals surface area contributed by atoms with E-state index in [0.717, 1.165) is 11.0 Å². The molecule has 1 N–H and O–H groups in total. The van der Waals surface area contributed by atoms with Crippen molar-refractivity contribution in [1.29, 1.82) is 0 Å². The molecule has 1 aliphatic heterocycles. The minimum atomic E-state index is -4.65. The highest BCUT2D eigenvalue weighted by Gasteiger charge is 2.38. The minimum Gasteiger partial charge on any atom is -0.347 e. The summed E-state index contributed by atoms with van der Waals surface area (Å²) in [5, 5.41) is 7.17. The summed E-state index contributed by atoms with van der Waals surface area (Å²) in [6.45, 7) is -0.366. The number of imide groups is 1. The largest absolute Gasteiger partial charge is 0.416 e. The summed E-state index contributed by atoms with van der Waals surface area (Å²) in [6.07, 6.45) is -3.53. The number of aryl methyl sites for hydroxylation is 1. The topological polar surface area (TPSA) is 89.2 Å². The van der Waals surface area contributed by atoms with Crippen LogP contribution in [0.3, 0.4) is 0 Å². The van der Waals surface area contributed by atoms with Crippen LogP contribution in [0.4, 0.5) is 13.2 Å². The molecule has 8 nitrogen and oxygen atoms in total. The van der Waals surface area contributed by atoms with Crippen LogP contribution >= 0.6 is 23.2 Å². The van der Waals surface area contributed by atoms with Gasteiger partial charge in [0, 0.05) is 20.6 Å². The summed E-state index contributed by atoms with van der Waals surface area (Å²) >= 11 is 12.8. The van der Waals surface area contributed by atoms with E-state index >= 15 is 0 Å². The highest BCUT2D eigenvalue weighted by molar-refractivity contribution is 6.34. The van der Waals surface area contributed by atoms with E-state index < -0.39 is 35.5 Å². The van der Waals surface area contributed by atoms with Gasteiger partial charge in [0.25, 0.3) is 17.7 Å². The van der Waals surface area contributed by atoms with Crippen molar-refractivity contribution in [2.45, 2.75) is 18.6 Å². The monoisotopic (exact) mass is 603 g/mol. The van der Waals surface area contributed by atoms with Gasteiger partial charge in [-0.15, -0.1) is 0 Å². The van der Waals surface area contributed by atoms with Gasteiger partial charge in [-0.3, -0.25) is 24.0 Å². The standard InChI is InChI=1S/C28H22Cl2F3N5O3/c1-36-22(23-21(29)13-34-37(23)2)12-19(24(36)30)25(39)35-16(11-15-7-3-6-10-20(15)28(31,32)33)14-38-26(40)17-8-4-5-9-18(17)27(38)41/h3-10,12-13,16H,11,14H2,1-2H3,(H,35,39). The molecule has 41 heavy (non-hydrogen) atoms. The summed E-state index contributed by atoms with van der Waals surface area (Å²) in [6, 6.07) is 11.6. The van der Waals surface area contributed by atoms with Crippen LogP contribution in [0, 0.1) is 0 Å². The second kappa shape index (κ2) is 10.7. The summed E-state index contributed by atoms with van der Waals surface area (Å²) in [5.41, 5.74) is 0.374. The maximum absolute atomic E-state index is 13.8. The Morgan fingerprint density at radius 3 is 2.20 bits per heavy atom. The lowest BCUT2D eigenvalue weighted by Crippen LogP contribution is -2.47. The van der Waals surface area contributed by atoms with Crippen LogP contribution in [0.2, 0.25) is 10.2 Å². The van der Waals surface area contributed by atoms with Gasteiger partial charge in [0.1, 0.15) is 10.8 Å². The fourth-order valence-electron chi connectivity index (χ4n) is 4.95. The Balaban J connectivity index is 1.49. The summed E-state index contributed by atoms with van der Waals surface area (Å²) < 4.78 is 44.4. The smallest absolute Gasteiger partial charge is 0.347 e. The maximum Gasteiger partial charge on any atom is 0.416 e. The van der Waals surface area contributed by atoms with Crippen molar-refractivity contribution in [3.63, 3.8) is 0 Å². The number of amides is 3. The van der Waals surface area contributed by atoms with Crippen molar-refractivity contribution < 1.29 is 27.6 Å². The van der Waals surface area contributed by atoms with Gasteiger partial charge < -0.3 is 9.88 Å². The van der Waals surface area contributed by atoms with Crippen LogP contribution in [0.1, 0.15) is 42.2 Å². The number of fused-ring (bicyclic) bond motifs is 1. The third kappa shape index (κ3) is 5.22. The Kier molecular flexibility index (Phi) is 7.43. The number of rotatable bonds is 7. The third-order valence-corrected chi connectivity index (χ3v) is 7.68. The molecule has 1 atom stereocenters. The number of carbonyl (C=O) groups is 3. The van der Waals surface area contributed by atoms with Gasteiger partial charge in [0.2, 0.25) is 0 Å². The number of nitrogens with zero attached hydrogens (tertiary/aromatic N) is 4. The molecule has 4 aromatic rings. The van der Waals surface area contributed by atoms with Crippen LogP contribution in [0.25, 0.3) is 11.4 Å². The number of carbonyl (C=O) groups excluding carboxylic acids is 3. The Labute approximate surface area is 242 Å². The molecule has 5 rings (SSSR count). The Morgan fingerprint density at radius 1 is 1.00 bits per heavy atom. The fourth-order valence-corrected chi connectivity index (χ4v) is 5.45. The number of halogens is 5. The van der Waals surface area contributed by atoms with E-state index in [0.29, 0.717) is 16.4 Å². The van der Waals surface area contributed by atoms with Crippen molar-refractivity contribution in [2.24, 2.45) is 14.1 Å². The van der Waals surface area contributed by atoms with Gasteiger partial charge in [-0.05, 0) is 36.2 Å². The molecule has 212 valence electrons. The molecule has 1 aliphatic rings. The lowest BCUT2D eigenvalue weighted by molar-refractivity contribution is -0.138. The average molecular weight is 604 g/mol. The Hall–Kier alpha value is -4.09. The lowest BCUT2D eigenvalue weighted by Gasteiger charge is -2.25. The second-order valence-corrected chi connectivity index (χ2v) is 10.3. The van der Waals surface area contributed by atoms with E-state index in [1.165, 1.54) is 51.8 Å². The third-order valence-electron chi connectivity index (χ3n) is 6.95. The zero-order valence-electron chi connectivity index (χ0n) is 21.7. The zero-order chi connectivity index (χ0) is 29.6. The molecule has 0 radical (unpaired) electrons. The summed E-state index contributed by atoms with van der Waals surface area (Å²) in [4.78, 5) is 40.5. The first-order valence-corrected chi connectivity index (χ1v) is 13.1. The molecule has 3 amide bonds. The van der Waals surface area contributed by atoms with Gasteiger partial charge >= 0.3 is 6.18 Å². The van der Waals surface area contributed by atoms with Crippen LogP contribution in [0.5, 0.6) is 0 Å². The Morgan fingerprint density at radius 2 is 1.61 bits per heavy atom. The molecule has 2 aromatic carbocycles. The highest BCUT2D eigenvalue weighted by Crippen LogP contribution is 2.34. The molecular weight excluding hydrogens is 582 g/mol. The van der Waals surface area contributed by atoms with E-state index in [9.17, 15) is 27.6 Å². The maximum atomic E-state index is 13.8. The van der Waals surface area contributed by atoms with E-state index in [1.807, 2.05) is 0 Å². The number of nitrogens with one attached hydrogen (secondary N) is 1.